The fourth-order valence-corrected chi connectivity index (χ4v) is 6.07. The predicted octanol–water partition coefficient (Wildman–Crippen LogP) is -6.94. The number of carbonyl (C=O) groups excluding carboxylic acids is 4. The fraction of sp³-hybridized carbons (Fsp3) is 0.636. The first kappa shape index (κ1) is 47.4. The number of aliphatic hydroxyl groups excluding tert-OH is 4. The zero-order valence-corrected chi connectivity index (χ0v) is 32.4. The minimum atomic E-state index is -1.90. The molecule has 25 nitrogen and oxygen atoms in total. The number of nitrogens with zero attached hydrogens (tertiary/aromatic N) is 2. The van der Waals surface area contributed by atoms with Gasteiger partial charge in [0.15, 0.2) is 18.5 Å². The first-order valence-electron chi connectivity index (χ1n) is 17.9. The van der Waals surface area contributed by atoms with Gasteiger partial charge in [-0.3, -0.25) is 19.2 Å². The zero-order chi connectivity index (χ0) is 43.8. The van der Waals surface area contributed by atoms with E-state index in [-0.39, 0.29) is 35.3 Å². The van der Waals surface area contributed by atoms with E-state index in [0.717, 1.165) is 6.20 Å². The molecule has 14 atom stereocenters. The summed E-state index contributed by atoms with van der Waals surface area (Å²) in [5, 5.41) is 50.9. The number of aliphatic hydroxyl groups is 4. The summed E-state index contributed by atoms with van der Waals surface area (Å²) in [5.41, 5.74) is 39.4. The maximum Gasteiger partial charge on any atom is 0.271 e. The molecule has 2 aliphatic rings. The topological polar surface area (TPSA) is 439 Å². The number of likely N-dealkylation sites (N-methyl/N-ethyl adjacent to an activating group) is 1. The smallest absolute Gasteiger partial charge is 0.271 e. The van der Waals surface area contributed by atoms with Gasteiger partial charge in [0.25, 0.3) is 5.91 Å². The van der Waals surface area contributed by atoms with Crippen molar-refractivity contribution in [2.75, 3.05) is 25.9 Å². The third kappa shape index (κ3) is 11.4. The highest BCUT2D eigenvalue weighted by molar-refractivity contribution is 5.98. The SMILES string of the molecule is C=C(N)OC1C(O)[C@@H](OC2C(O)[C@H](O)C(CO)O[C@H]2O[C@@H](/C(N)=C/N)[C@H](NC(=O)c2nc([C@H](CC(N)=O)NC[C@H](N)C(N)=O)nc(N)c2C)C(=O)NC)OC(C)[C@H]1C. The third-order valence-electron chi connectivity index (χ3n) is 9.63. The van der Waals surface area contributed by atoms with E-state index in [1.54, 1.807) is 13.8 Å². The number of hydrogen-bond donors (Lipinski definition) is 14. The van der Waals surface area contributed by atoms with Crippen LogP contribution in [0.1, 0.15) is 48.2 Å². The molecule has 3 heterocycles. The lowest BCUT2D eigenvalue weighted by molar-refractivity contribution is -0.365. The lowest BCUT2D eigenvalue weighted by atomic mass is 9.91. The zero-order valence-electron chi connectivity index (χ0n) is 32.4. The molecule has 2 aliphatic heterocycles. The van der Waals surface area contributed by atoms with Crippen LogP contribution in [0.3, 0.4) is 0 Å². The van der Waals surface area contributed by atoms with Crippen molar-refractivity contribution in [3.8, 4) is 0 Å². The lowest BCUT2D eigenvalue weighted by Gasteiger charge is -2.47. The number of carbonyl (C=O) groups is 4. The number of aromatic nitrogens is 2. The van der Waals surface area contributed by atoms with Gasteiger partial charge in [-0.15, -0.1) is 0 Å². The minimum absolute atomic E-state index is 0.0328. The molecule has 0 aliphatic carbocycles. The monoisotopic (exact) mass is 828 g/mol. The first-order valence-corrected chi connectivity index (χ1v) is 17.9. The molecule has 326 valence electrons. The number of hydrogen-bond acceptors (Lipinski definition) is 21. The Hall–Kier alpha value is -4.96. The third-order valence-corrected chi connectivity index (χ3v) is 9.63. The largest absolute Gasteiger partial charge is 0.473 e. The second kappa shape index (κ2) is 20.6. The Balaban J connectivity index is 2.04. The molecule has 0 radical (unpaired) electrons. The van der Waals surface area contributed by atoms with Crippen molar-refractivity contribution in [2.24, 2.45) is 40.3 Å². The molecule has 4 amide bonds. The van der Waals surface area contributed by atoms with E-state index in [4.69, 9.17) is 63.8 Å². The van der Waals surface area contributed by atoms with Gasteiger partial charge in [-0.2, -0.15) is 0 Å². The highest BCUT2D eigenvalue weighted by Crippen LogP contribution is 2.34. The quantitative estimate of drug-likeness (QED) is 0.0576. The van der Waals surface area contributed by atoms with Crippen molar-refractivity contribution >= 4 is 29.4 Å². The Kier molecular flexibility index (Phi) is 16.9. The summed E-state index contributed by atoms with van der Waals surface area (Å²) in [6.07, 6.45) is -14.9. The average molecular weight is 829 g/mol. The molecule has 21 N–H and O–H groups in total. The summed E-state index contributed by atoms with van der Waals surface area (Å²) >= 11 is 0. The molecule has 1 aromatic rings. The van der Waals surface area contributed by atoms with Crippen LogP contribution in [-0.4, -0.2) is 148 Å². The fourth-order valence-electron chi connectivity index (χ4n) is 6.07. The molecule has 58 heavy (non-hydrogen) atoms. The van der Waals surface area contributed by atoms with Gasteiger partial charge in [0.1, 0.15) is 66.1 Å². The second-order valence-corrected chi connectivity index (χ2v) is 13.8. The standard InChI is InChI=1S/C33H56N12O13/c1-10-12(3)54-32(23(50)24(10)55-13(4)35)58-26-22(49)21(48)17(9-46)56-33(26)57-25(14(36)7-34)20(30(52)41-5)44-31(53)19-11(2)27(39)45-29(43-19)16(6-18(38)47)42-8-15(37)28(40)51/h7,10,12,15-17,20-26,32-33,42,46,48-50H,4,6,8-9,34-37H2,1-3,5H3,(H2,38,47)(H2,40,51)(H,41,52)(H,44,53)(H2,39,43,45)/b14-7-/t10-,12?,15+,16+,17?,20+,21-,22?,23?,24?,25+,26?,32-,33+/m1/s1. The van der Waals surface area contributed by atoms with Gasteiger partial charge in [-0.1, -0.05) is 6.92 Å². The number of rotatable bonds is 19. The van der Waals surface area contributed by atoms with Crippen LogP contribution in [0.25, 0.3) is 0 Å². The van der Waals surface area contributed by atoms with Gasteiger partial charge in [0.05, 0.1) is 30.5 Å². The Morgan fingerprint density at radius 1 is 1.00 bits per heavy atom. The number of nitrogen functional groups attached to an aromatic ring is 1. The summed E-state index contributed by atoms with van der Waals surface area (Å²) in [4.78, 5) is 59.4. The molecular weight excluding hydrogens is 772 g/mol. The molecule has 0 spiro atoms. The summed E-state index contributed by atoms with van der Waals surface area (Å²) in [6.45, 7) is 7.19. The molecule has 6 unspecified atom stereocenters. The number of anilines is 1. The van der Waals surface area contributed by atoms with Crippen molar-refractivity contribution in [1.82, 2.24) is 25.9 Å². The Morgan fingerprint density at radius 2 is 1.66 bits per heavy atom. The van der Waals surface area contributed by atoms with Gasteiger partial charge in [-0.05, 0) is 20.4 Å². The van der Waals surface area contributed by atoms with Crippen LogP contribution in [0.15, 0.2) is 24.4 Å². The van der Waals surface area contributed by atoms with Crippen LogP contribution in [0.5, 0.6) is 0 Å². The molecule has 25 heteroatoms. The number of nitrogens with one attached hydrogen (secondary N) is 3. The minimum Gasteiger partial charge on any atom is -0.473 e. The highest BCUT2D eigenvalue weighted by atomic mass is 16.8. The van der Waals surface area contributed by atoms with Crippen molar-refractivity contribution < 1.29 is 63.3 Å². The molecule has 2 saturated heterocycles. The van der Waals surface area contributed by atoms with Crippen LogP contribution in [-0.2, 0) is 38.1 Å². The molecule has 3 rings (SSSR count). The highest BCUT2D eigenvalue weighted by Gasteiger charge is 2.52. The van der Waals surface area contributed by atoms with E-state index in [0.29, 0.717) is 0 Å². The van der Waals surface area contributed by atoms with Crippen LogP contribution in [0.2, 0.25) is 0 Å². The summed E-state index contributed by atoms with van der Waals surface area (Å²) in [6, 6.07) is -4.09. The van der Waals surface area contributed by atoms with E-state index >= 15 is 0 Å². The number of nitrogens with two attached hydrogens (primary N) is 7. The van der Waals surface area contributed by atoms with Gasteiger partial charge in [0, 0.05) is 37.7 Å². The maximum absolute atomic E-state index is 14.0. The van der Waals surface area contributed by atoms with E-state index in [9.17, 15) is 39.6 Å². The molecule has 0 aromatic carbocycles. The Bertz CT molecular complexity index is 1670. The normalized spacial score (nSPS) is 29.6. The molecule has 0 bridgehead atoms. The van der Waals surface area contributed by atoms with E-state index in [1.165, 1.54) is 14.0 Å². The van der Waals surface area contributed by atoms with Crippen LogP contribution in [0.4, 0.5) is 5.82 Å². The van der Waals surface area contributed by atoms with Crippen LogP contribution >= 0.6 is 0 Å². The van der Waals surface area contributed by atoms with Crippen molar-refractivity contribution in [3.05, 3.63) is 41.4 Å². The van der Waals surface area contributed by atoms with E-state index < -0.39 is 128 Å². The summed E-state index contributed by atoms with van der Waals surface area (Å²) in [7, 11) is 1.23. The average Bonchev–Trinajstić information content (AvgIpc) is 3.17. The van der Waals surface area contributed by atoms with Gasteiger partial charge >= 0.3 is 0 Å². The molecule has 1 aromatic heterocycles. The van der Waals surface area contributed by atoms with Gasteiger partial charge < -0.3 is 100 Å². The number of amides is 4. The van der Waals surface area contributed by atoms with E-state index in [2.05, 4.69) is 32.5 Å². The first-order chi connectivity index (χ1) is 27.2. The summed E-state index contributed by atoms with van der Waals surface area (Å²) < 4.78 is 29.3. The van der Waals surface area contributed by atoms with Crippen molar-refractivity contribution in [2.45, 2.75) is 107 Å². The predicted molar refractivity (Wildman–Crippen MR) is 200 cm³/mol. The van der Waals surface area contributed by atoms with Crippen LogP contribution in [0, 0.1) is 12.8 Å². The molecule has 0 saturated carbocycles. The Morgan fingerprint density at radius 3 is 2.21 bits per heavy atom. The maximum atomic E-state index is 14.0. The van der Waals surface area contributed by atoms with Gasteiger partial charge in [-0.25, -0.2) is 9.97 Å². The lowest BCUT2D eigenvalue weighted by Crippen LogP contribution is -2.65. The Labute approximate surface area is 332 Å². The van der Waals surface area contributed by atoms with Crippen molar-refractivity contribution in [3.63, 3.8) is 0 Å². The number of primary amides is 2. The second-order valence-electron chi connectivity index (χ2n) is 13.8. The van der Waals surface area contributed by atoms with E-state index in [1.807, 2.05) is 0 Å². The molecule has 2 fully saturated rings. The van der Waals surface area contributed by atoms with Gasteiger partial charge in [0.2, 0.25) is 17.7 Å². The molecular formula is C33H56N12O13. The summed E-state index contributed by atoms with van der Waals surface area (Å²) in [5.74, 6) is -4.72. The van der Waals surface area contributed by atoms with Crippen molar-refractivity contribution in [1.29, 1.82) is 0 Å². The number of ether oxygens (including phenoxy) is 5. The van der Waals surface area contributed by atoms with Crippen LogP contribution < -0.4 is 56.1 Å².